The van der Waals surface area contributed by atoms with Gasteiger partial charge in [0, 0.05) is 11.9 Å². The lowest BCUT2D eigenvalue weighted by atomic mass is 10.1. The maximum Gasteiger partial charge on any atom is 0.241 e. The van der Waals surface area contributed by atoms with Crippen molar-refractivity contribution in [2.45, 2.75) is 19.8 Å². The van der Waals surface area contributed by atoms with Gasteiger partial charge in [0.25, 0.3) is 0 Å². The first-order valence-corrected chi connectivity index (χ1v) is 7.80. The number of hydrogen-bond donors (Lipinski definition) is 0. The summed E-state index contributed by atoms with van der Waals surface area (Å²) in [5.41, 5.74) is 1.03. The van der Waals surface area contributed by atoms with E-state index in [0.717, 1.165) is 24.2 Å². The molecule has 0 atom stereocenters. The first-order chi connectivity index (χ1) is 10.3. The van der Waals surface area contributed by atoms with Gasteiger partial charge in [0.2, 0.25) is 5.91 Å². The van der Waals surface area contributed by atoms with Crippen molar-refractivity contribution in [3.05, 3.63) is 42.5 Å². The highest BCUT2D eigenvalue weighted by Gasteiger charge is 2.20. The van der Waals surface area contributed by atoms with Gasteiger partial charge in [-0.3, -0.25) is 9.69 Å². The molecule has 0 unspecified atom stereocenters. The maximum atomic E-state index is 12.7. The van der Waals surface area contributed by atoms with Gasteiger partial charge in [-0.1, -0.05) is 36.4 Å². The number of likely N-dealkylation sites (tertiary alicyclic amines) is 1. The Bertz CT molecular complexity index is 627. The van der Waals surface area contributed by atoms with Crippen molar-refractivity contribution in [1.29, 1.82) is 0 Å². The summed E-state index contributed by atoms with van der Waals surface area (Å²) in [5.74, 6) is 0.204. The van der Waals surface area contributed by atoms with Gasteiger partial charge < -0.3 is 4.90 Å². The highest BCUT2D eigenvalue weighted by Crippen LogP contribution is 2.27. The number of carbonyl (C=O) groups excluding carboxylic acids is 1. The van der Waals surface area contributed by atoms with Crippen LogP contribution in [0, 0.1) is 0 Å². The SMILES string of the molecule is CCN(C(=O)CN1CCCC1)c1cccc2ccccc12. The number of fused-ring (bicyclic) bond motifs is 1. The Balaban J connectivity index is 1.88. The van der Waals surface area contributed by atoms with Gasteiger partial charge in [-0.2, -0.15) is 0 Å². The Morgan fingerprint density at radius 3 is 2.57 bits per heavy atom. The van der Waals surface area contributed by atoms with Crippen LogP contribution in [0.1, 0.15) is 19.8 Å². The van der Waals surface area contributed by atoms with E-state index in [-0.39, 0.29) is 5.91 Å². The molecule has 3 heteroatoms. The summed E-state index contributed by atoms with van der Waals surface area (Å²) in [6.45, 7) is 5.40. The molecule has 3 nitrogen and oxygen atoms in total. The molecule has 0 radical (unpaired) electrons. The van der Waals surface area contributed by atoms with Crippen LogP contribution in [0.15, 0.2) is 42.5 Å². The number of amides is 1. The summed E-state index contributed by atoms with van der Waals surface area (Å²) in [7, 11) is 0. The lowest BCUT2D eigenvalue weighted by Crippen LogP contribution is -2.39. The molecule has 21 heavy (non-hydrogen) atoms. The first kappa shape index (κ1) is 14.1. The Labute approximate surface area is 126 Å². The van der Waals surface area contributed by atoms with E-state index < -0.39 is 0 Å². The third kappa shape index (κ3) is 2.93. The molecular formula is C18H22N2O. The molecule has 110 valence electrons. The molecule has 0 aromatic heterocycles. The van der Waals surface area contributed by atoms with Crippen LogP contribution >= 0.6 is 0 Å². The highest BCUT2D eigenvalue weighted by atomic mass is 16.2. The molecule has 0 saturated carbocycles. The Hall–Kier alpha value is -1.87. The third-order valence-electron chi connectivity index (χ3n) is 4.23. The zero-order valence-corrected chi connectivity index (χ0v) is 12.6. The number of rotatable bonds is 4. The highest BCUT2D eigenvalue weighted by molar-refractivity contribution is 6.04. The van der Waals surface area contributed by atoms with Gasteiger partial charge in [0.1, 0.15) is 0 Å². The fraction of sp³-hybridized carbons (Fsp3) is 0.389. The Morgan fingerprint density at radius 2 is 1.81 bits per heavy atom. The van der Waals surface area contributed by atoms with Gasteiger partial charge in [0.15, 0.2) is 0 Å². The molecule has 1 saturated heterocycles. The average Bonchev–Trinajstić information content (AvgIpc) is 3.01. The number of hydrogen-bond acceptors (Lipinski definition) is 2. The topological polar surface area (TPSA) is 23.6 Å². The number of nitrogens with zero attached hydrogens (tertiary/aromatic N) is 2. The van der Waals surface area contributed by atoms with E-state index in [1.54, 1.807) is 0 Å². The predicted octanol–water partition coefficient (Wildman–Crippen LogP) is 3.29. The van der Waals surface area contributed by atoms with E-state index in [9.17, 15) is 4.79 Å². The average molecular weight is 282 g/mol. The lowest BCUT2D eigenvalue weighted by molar-refractivity contribution is -0.119. The Morgan fingerprint density at radius 1 is 1.10 bits per heavy atom. The molecule has 2 aromatic rings. The zero-order valence-electron chi connectivity index (χ0n) is 12.6. The van der Waals surface area contributed by atoms with E-state index in [0.29, 0.717) is 13.1 Å². The van der Waals surface area contributed by atoms with Crippen LogP contribution in [-0.2, 0) is 4.79 Å². The van der Waals surface area contributed by atoms with E-state index >= 15 is 0 Å². The van der Waals surface area contributed by atoms with Gasteiger partial charge >= 0.3 is 0 Å². The summed E-state index contributed by atoms with van der Waals surface area (Å²) in [4.78, 5) is 16.8. The predicted molar refractivity (Wildman–Crippen MR) is 87.6 cm³/mol. The van der Waals surface area contributed by atoms with Crippen LogP contribution < -0.4 is 4.90 Å². The number of likely N-dealkylation sites (N-methyl/N-ethyl adjacent to an activating group) is 1. The Kier molecular flexibility index (Phi) is 4.20. The van der Waals surface area contributed by atoms with Crippen molar-refractivity contribution in [2.24, 2.45) is 0 Å². The minimum atomic E-state index is 0.204. The standard InChI is InChI=1S/C18H22N2O/c1-2-20(18(21)14-19-12-5-6-13-19)17-11-7-9-15-8-3-4-10-16(15)17/h3-4,7-11H,2,5-6,12-14H2,1H3. The monoisotopic (exact) mass is 282 g/mol. The van der Waals surface area contributed by atoms with Crippen LogP contribution in [0.2, 0.25) is 0 Å². The zero-order chi connectivity index (χ0) is 14.7. The van der Waals surface area contributed by atoms with Crippen molar-refractivity contribution in [1.82, 2.24) is 4.90 Å². The van der Waals surface area contributed by atoms with Crippen LogP contribution in [0.3, 0.4) is 0 Å². The van der Waals surface area contributed by atoms with Crippen LogP contribution in [0.4, 0.5) is 5.69 Å². The fourth-order valence-corrected chi connectivity index (χ4v) is 3.14. The van der Waals surface area contributed by atoms with Crippen LogP contribution in [0.25, 0.3) is 10.8 Å². The minimum Gasteiger partial charge on any atom is -0.311 e. The molecule has 0 aliphatic carbocycles. The van der Waals surface area contributed by atoms with Gasteiger partial charge in [0.05, 0.1) is 12.2 Å². The molecule has 1 heterocycles. The summed E-state index contributed by atoms with van der Waals surface area (Å²) in [5, 5.41) is 2.33. The normalized spacial score (nSPS) is 15.5. The second-order valence-electron chi connectivity index (χ2n) is 5.62. The van der Waals surface area contributed by atoms with Gasteiger partial charge in [-0.05, 0) is 44.3 Å². The summed E-state index contributed by atoms with van der Waals surface area (Å²) < 4.78 is 0. The molecule has 1 aliphatic rings. The van der Waals surface area contributed by atoms with E-state index in [4.69, 9.17) is 0 Å². The summed E-state index contributed by atoms with van der Waals surface area (Å²) >= 11 is 0. The van der Waals surface area contributed by atoms with E-state index in [1.807, 2.05) is 36.1 Å². The molecule has 0 bridgehead atoms. The molecule has 1 amide bonds. The molecule has 3 rings (SSSR count). The maximum absolute atomic E-state index is 12.7. The van der Waals surface area contributed by atoms with E-state index in [1.165, 1.54) is 18.2 Å². The third-order valence-corrected chi connectivity index (χ3v) is 4.23. The minimum absolute atomic E-state index is 0.204. The second kappa shape index (κ2) is 6.27. The van der Waals surface area contributed by atoms with E-state index in [2.05, 4.69) is 23.1 Å². The smallest absolute Gasteiger partial charge is 0.241 e. The van der Waals surface area contributed by atoms with Crippen LogP contribution in [-0.4, -0.2) is 37.0 Å². The van der Waals surface area contributed by atoms with Gasteiger partial charge in [-0.25, -0.2) is 0 Å². The second-order valence-corrected chi connectivity index (χ2v) is 5.62. The largest absolute Gasteiger partial charge is 0.311 e. The van der Waals surface area contributed by atoms with Crippen molar-refractivity contribution in [3.63, 3.8) is 0 Å². The molecule has 0 spiro atoms. The van der Waals surface area contributed by atoms with Crippen LogP contribution in [0.5, 0.6) is 0 Å². The van der Waals surface area contributed by atoms with Crippen molar-refractivity contribution < 1.29 is 4.79 Å². The lowest BCUT2D eigenvalue weighted by Gasteiger charge is -2.25. The quantitative estimate of drug-likeness (QED) is 0.859. The molecule has 1 fully saturated rings. The summed E-state index contributed by atoms with van der Waals surface area (Å²) in [6.07, 6.45) is 2.43. The number of benzene rings is 2. The molecular weight excluding hydrogens is 260 g/mol. The van der Waals surface area contributed by atoms with Crippen molar-refractivity contribution >= 4 is 22.4 Å². The molecule has 0 N–H and O–H groups in total. The van der Waals surface area contributed by atoms with Gasteiger partial charge in [-0.15, -0.1) is 0 Å². The van der Waals surface area contributed by atoms with Crippen molar-refractivity contribution in [2.75, 3.05) is 31.1 Å². The molecule has 1 aliphatic heterocycles. The number of carbonyl (C=O) groups is 1. The first-order valence-electron chi connectivity index (χ1n) is 7.80. The van der Waals surface area contributed by atoms with Crippen molar-refractivity contribution in [3.8, 4) is 0 Å². The molecule has 2 aromatic carbocycles. The summed E-state index contributed by atoms with van der Waals surface area (Å²) in [6, 6.07) is 14.4. The fourth-order valence-electron chi connectivity index (χ4n) is 3.14. The number of anilines is 1.